The Morgan fingerprint density at radius 3 is 2.55 bits per heavy atom. The summed E-state index contributed by atoms with van der Waals surface area (Å²) in [4.78, 5) is 40.4. The first-order chi connectivity index (χ1) is 14.8. The summed E-state index contributed by atoms with van der Waals surface area (Å²) in [6.45, 7) is 6.40. The van der Waals surface area contributed by atoms with Gasteiger partial charge in [0.15, 0.2) is 11.5 Å². The van der Waals surface area contributed by atoms with E-state index in [1.54, 1.807) is 23.7 Å². The van der Waals surface area contributed by atoms with E-state index in [1.807, 2.05) is 20.8 Å². The molecule has 0 spiro atoms. The fourth-order valence-corrected chi connectivity index (χ4v) is 3.66. The van der Waals surface area contributed by atoms with Crippen molar-refractivity contribution in [1.29, 1.82) is 0 Å². The van der Waals surface area contributed by atoms with Crippen LogP contribution in [0.4, 0.5) is 0 Å². The lowest BCUT2D eigenvalue weighted by molar-refractivity contribution is -0.132. The molecule has 1 aromatic heterocycles. The van der Waals surface area contributed by atoms with Gasteiger partial charge >= 0.3 is 0 Å². The Balaban J connectivity index is 1.98. The summed E-state index contributed by atoms with van der Waals surface area (Å²) in [5.41, 5.74) is 0.167. The van der Waals surface area contributed by atoms with Crippen LogP contribution in [0.1, 0.15) is 37.6 Å². The van der Waals surface area contributed by atoms with E-state index < -0.39 is 17.4 Å². The summed E-state index contributed by atoms with van der Waals surface area (Å²) in [6, 6.07) is 2.53. The number of likely N-dealkylation sites (N-methyl/N-ethyl adjacent to an activating group) is 1. The SMILES string of the molecule is CCn1cc(C(=O)N[C@@H](CC(C)C)C(=O)N(C)CCO)c(=O)c2cc3c(cc21)OCO3. The van der Waals surface area contributed by atoms with Crippen molar-refractivity contribution in [2.24, 2.45) is 5.92 Å². The lowest BCUT2D eigenvalue weighted by Crippen LogP contribution is -2.49. The summed E-state index contributed by atoms with van der Waals surface area (Å²) >= 11 is 0. The first kappa shape index (κ1) is 22.6. The highest BCUT2D eigenvalue weighted by atomic mass is 16.7. The van der Waals surface area contributed by atoms with Crippen molar-refractivity contribution in [1.82, 2.24) is 14.8 Å². The number of hydrogen-bond acceptors (Lipinski definition) is 6. The largest absolute Gasteiger partial charge is 0.454 e. The van der Waals surface area contributed by atoms with Gasteiger partial charge in [-0.25, -0.2) is 0 Å². The number of aliphatic hydroxyl groups excluding tert-OH is 1. The molecule has 2 aromatic rings. The lowest BCUT2D eigenvalue weighted by Gasteiger charge is -2.25. The quantitative estimate of drug-likeness (QED) is 0.653. The molecule has 0 aliphatic carbocycles. The Kier molecular flexibility index (Phi) is 6.84. The van der Waals surface area contributed by atoms with Crippen molar-refractivity contribution >= 4 is 22.7 Å². The smallest absolute Gasteiger partial charge is 0.257 e. The number of carbonyl (C=O) groups is 2. The maximum atomic E-state index is 13.1. The second-order valence-electron chi connectivity index (χ2n) is 8.02. The van der Waals surface area contributed by atoms with Crippen molar-refractivity contribution in [3.05, 3.63) is 34.1 Å². The van der Waals surface area contributed by atoms with E-state index in [9.17, 15) is 14.4 Å². The molecular weight excluding hydrogens is 402 g/mol. The number of nitrogens with zero attached hydrogens (tertiary/aromatic N) is 2. The highest BCUT2D eigenvalue weighted by Crippen LogP contribution is 2.35. The van der Waals surface area contributed by atoms with Crippen LogP contribution in [0.2, 0.25) is 0 Å². The van der Waals surface area contributed by atoms with Gasteiger partial charge in [-0.1, -0.05) is 13.8 Å². The molecule has 31 heavy (non-hydrogen) atoms. The summed E-state index contributed by atoms with van der Waals surface area (Å²) in [7, 11) is 1.57. The molecule has 1 aliphatic heterocycles. The minimum Gasteiger partial charge on any atom is -0.454 e. The van der Waals surface area contributed by atoms with Crippen LogP contribution in [0.15, 0.2) is 23.1 Å². The normalized spacial score (nSPS) is 13.5. The third-order valence-electron chi connectivity index (χ3n) is 5.28. The average Bonchev–Trinajstić information content (AvgIpc) is 3.19. The second kappa shape index (κ2) is 9.38. The van der Waals surface area contributed by atoms with Gasteiger partial charge in [-0.3, -0.25) is 14.4 Å². The molecule has 0 saturated carbocycles. The maximum absolute atomic E-state index is 13.1. The predicted octanol–water partition coefficient (Wildman–Crippen LogP) is 1.35. The first-order valence-electron chi connectivity index (χ1n) is 10.4. The van der Waals surface area contributed by atoms with E-state index in [4.69, 9.17) is 14.6 Å². The van der Waals surface area contributed by atoms with E-state index >= 15 is 0 Å². The zero-order chi connectivity index (χ0) is 22.7. The molecule has 1 atom stereocenters. The molecule has 168 valence electrons. The highest BCUT2D eigenvalue weighted by molar-refractivity contribution is 6.00. The second-order valence-corrected chi connectivity index (χ2v) is 8.02. The summed E-state index contributed by atoms with van der Waals surface area (Å²) < 4.78 is 12.6. The number of amides is 2. The molecule has 1 aliphatic rings. The van der Waals surface area contributed by atoms with Crippen LogP contribution < -0.4 is 20.2 Å². The number of carbonyl (C=O) groups excluding carboxylic acids is 2. The van der Waals surface area contributed by atoms with Gasteiger partial charge in [-0.15, -0.1) is 0 Å². The standard InChI is InChI=1S/C22H29N3O6/c1-5-25-11-15(20(27)14-9-18-19(10-17(14)25)31-12-30-18)21(28)23-16(8-13(2)3)22(29)24(4)6-7-26/h9-11,13,16,26H,5-8,12H2,1-4H3,(H,23,28)/t16-/m0/s1. The van der Waals surface area contributed by atoms with E-state index in [2.05, 4.69) is 5.32 Å². The number of nitrogens with one attached hydrogen (secondary N) is 1. The van der Waals surface area contributed by atoms with Crippen LogP contribution in [-0.4, -0.2) is 59.4 Å². The molecule has 0 saturated heterocycles. The fourth-order valence-electron chi connectivity index (χ4n) is 3.66. The van der Waals surface area contributed by atoms with Crippen molar-refractivity contribution < 1.29 is 24.2 Å². The van der Waals surface area contributed by atoms with Gasteiger partial charge in [0.25, 0.3) is 5.91 Å². The first-order valence-corrected chi connectivity index (χ1v) is 10.4. The third-order valence-corrected chi connectivity index (χ3v) is 5.28. The van der Waals surface area contributed by atoms with Crippen LogP contribution in [-0.2, 0) is 11.3 Å². The molecule has 0 unspecified atom stereocenters. The predicted molar refractivity (Wildman–Crippen MR) is 115 cm³/mol. The number of aliphatic hydroxyl groups is 1. The average molecular weight is 431 g/mol. The van der Waals surface area contributed by atoms with Crippen LogP contribution in [0.5, 0.6) is 11.5 Å². The third kappa shape index (κ3) is 4.66. The molecule has 1 aromatic carbocycles. The lowest BCUT2D eigenvalue weighted by atomic mass is 10.0. The van der Waals surface area contributed by atoms with Gasteiger partial charge < -0.3 is 29.4 Å². The van der Waals surface area contributed by atoms with E-state index in [0.29, 0.717) is 35.4 Å². The van der Waals surface area contributed by atoms with Gasteiger partial charge in [0.05, 0.1) is 17.5 Å². The van der Waals surface area contributed by atoms with Gasteiger partial charge in [-0.05, 0) is 25.3 Å². The number of pyridine rings is 1. The van der Waals surface area contributed by atoms with Gasteiger partial charge in [0, 0.05) is 32.4 Å². The summed E-state index contributed by atoms with van der Waals surface area (Å²) in [6.07, 6.45) is 1.92. The Bertz CT molecular complexity index is 1050. The number of hydrogen-bond donors (Lipinski definition) is 2. The molecule has 0 bridgehead atoms. The fraction of sp³-hybridized carbons (Fsp3) is 0.500. The van der Waals surface area contributed by atoms with Crippen LogP contribution in [0.3, 0.4) is 0 Å². The number of benzene rings is 1. The maximum Gasteiger partial charge on any atom is 0.257 e. The molecule has 2 heterocycles. The molecule has 3 rings (SSSR count). The topological polar surface area (TPSA) is 110 Å². The Labute approximate surface area is 180 Å². The van der Waals surface area contributed by atoms with Crippen molar-refractivity contribution in [3.63, 3.8) is 0 Å². The summed E-state index contributed by atoms with van der Waals surface area (Å²) in [5, 5.41) is 12.2. The summed E-state index contributed by atoms with van der Waals surface area (Å²) in [5.74, 6) is 0.240. The van der Waals surface area contributed by atoms with Crippen LogP contribution >= 0.6 is 0 Å². The molecular formula is C22H29N3O6. The Morgan fingerprint density at radius 1 is 1.26 bits per heavy atom. The number of ether oxygens (including phenoxy) is 2. The zero-order valence-electron chi connectivity index (χ0n) is 18.3. The minimum atomic E-state index is -0.800. The van der Waals surface area contributed by atoms with Crippen molar-refractivity contribution in [2.45, 2.75) is 39.8 Å². The Hall–Kier alpha value is -3.07. The minimum absolute atomic E-state index is 0.0421. The Morgan fingerprint density at radius 2 is 1.94 bits per heavy atom. The van der Waals surface area contributed by atoms with Gasteiger partial charge in [-0.2, -0.15) is 0 Å². The van der Waals surface area contributed by atoms with E-state index in [-0.39, 0.29) is 37.3 Å². The molecule has 9 heteroatoms. The van der Waals surface area contributed by atoms with E-state index in [0.717, 1.165) is 0 Å². The monoisotopic (exact) mass is 431 g/mol. The van der Waals surface area contributed by atoms with Crippen molar-refractivity contribution in [3.8, 4) is 11.5 Å². The molecule has 0 fully saturated rings. The number of rotatable bonds is 8. The molecule has 0 radical (unpaired) electrons. The molecule has 2 N–H and O–H groups in total. The van der Waals surface area contributed by atoms with Crippen molar-refractivity contribution in [2.75, 3.05) is 27.0 Å². The molecule has 9 nitrogen and oxygen atoms in total. The highest BCUT2D eigenvalue weighted by Gasteiger charge is 2.27. The zero-order valence-corrected chi connectivity index (χ0v) is 18.3. The van der Waals surface area contributed by atoms with Crippen LogP contribution in [0.25, 0.3) is 10.9 Å². The number of fused-ring (bicyclic) bond motifs is 2. The number of aromatic nitrogens is 1. The van der Waals surface area contributed by atoms with Crippen LogP contribution in [0, 0.1) is 5.92 Å². The number of aryl methyl sites for hydroxylation is 1. The molecule has 2 amide bonds. The van der Waals surface area contributed by atoms with Gasteiger partial charge in [0.1, 0.15) is 11.6 Å². The van der Waals surface area contributed by atoms with E-state index in [1.165, 1.54) is 11.1 Å². The van der Waals surface area contributed by atoms with Gasteiger partial charge in [0.2, 0.25) is 18.1 Å².